The number of anilines is 1. The van der Waals surface area contributed by atoms with E-state index in [0.29, 0.717) is 11.9 Å². The number of hydrogen-bond acceptors (Lipinski definition) is 3. The molecular weight excluding hydrogens is 254 g/mol. The van der Waals surface area contributed by atoms with Gasteiger partial charge in [-0.2, -0.15) is 0 Å². The molecule has 5 nitrogen and oxygen atoms in total. The minimum Gasteiger partial charge on any atom is -0.530 e. The number of aromatic amines is 1. The lowest BCUT2D eigenvalue weighted by atomic mass is 10.0. The molecule has 0 fully saturated rings. The number of rotatable bonds is 4. The monoisotopic (exact) mass is 274 g/mol. The van der Waals surface area contributed by atoms with Crippen LogP contribution < -0.4 is 10.0 Å². The van der Waals surface area contributed by atoms with E-state index in [-0.39, 0.29) is 6.04 Å². The second kappa shape index (κ2) is 5.53. The van der Waals surface area contributed by atoms with Crippen molar-refractivity contribution in [1.82, 2.24) is 9.97 Å². The Morgan fingerprint density at radius 2 is 2.05 bits per heavy atom. The molecule has 2 rings (SSSR count). The molecule has 0 spiro atoms. The van der Waals surface area contributed by atoms with Crippen LogP contribution in [0, 0.1) is 5.92 Å². The lowest BCUT2D eigenvalue weighted by Gasteiger charge is -2.26. The SMILES string of the molecule is CC(C)Cc1cccc2[nH]c(N(C(=O)[O-])C(C)C)nc12. The largest absolute Gasteiger partial charge is 0.530 e. The normalized spacial score (nSPS) is 11.5. The maximum Gasteiger partial charge on any atom is 0.209 e. The molecule has 1 aromatic heterocycles. The molecule has 2 aromatic rings. The van der Waals surface area contributed by atoms with Crippen molar-refractivity contribution in [3.05, 3.63) is 23.8 Å². The maximum atomic E-state index is 11.2. The van der Waals surface area contributed by atoms with Crippen LogP contribution in [0.4, 0.5) is 10.7 Å². The molecule has 0 saturated heterocycles. The van der Waals surface area contributed by atoms with Crippen LogP contribution in [0.2, 0.25) is 0 Å². The molecule has 1 heterocycles. The third-order valence-electron chi connectivity index (χ3n) is 3.15. The molecule has 0 bridgehead atoms. The number of aromatic nitrogens is 2. The molecule has 0 radical (unpaired) electrons. The summed E-state index contributed by atoms with van der Waals surface area (Å²) in [5.41, 5.74) is 2.82. The summed E-state index contributed by atoms with van der Waals surface area (Å²) in [7, 11) is 0. The third-order valence-corrected chi connectivity index (χ3v) is 3.15. The first-order valence-corrected chi connectivity index (χ1v) is 6.88. The highest BCUT2D eigenvalue weighted by atomic mass is 16.4. The number of nitrogens with one attached hydrogen (secondary N) is 1. The minimum absolute atomic E-state index is 0.228. The number of carbonyl (C=O) groups excluding carboxylic acids is 1. The Hall–Kier alpha value is -2.04. The van der Waals surface area contributed by atoms with Gasteiger partial charge in [-0.25, -0.2) is 4.98 Å². The number of nitrogens with zero attached hydrogens (tertiary/aromatic N) is 2. The van der Waals surface area contributed by atoms with Crippen LogP contribution in [0.3, 0.4) is 0 Å². The number of carboxylic acid groups (broad SMARTS) is 1. The van der Waals surface area contributed by atoms with E-state index in [4.69, 9.17) is 0 Å². The molecule has 0 aliphatic rings. The fourth-order valence-corrected chi connectivity index (χ4v) is 2.34. The molecule has 1 aromatic carbocycles. The second-order valence-corrected chi connectivity index (χ2v) is 5.70. The molecular formula is C15H20N3O2-. The average Bonchev–Trinajstić information content (AvgIpc) is 2.71. The Morgan fingerprint density at radius 1 is 1.35 bits per heavy atom. The van der Waals surface area contributed by atoms with Gasteiger partial charge in [0.1, 0.15) is 6.09 Å². The first-order chi connectivity index (χ1) is 9.40. The van der Waals surface area contributed by atoms with Crippen molar-refractivity contribution in [2.45, 2.75) is 40.2 Å². The molecule has 108 valence electrons. The Morgan fingerprint density at radius 3 is 2.60 bits per heavy atom. The quantitative estimate of drug-likeness (QED) is 0.930. The van der Waals surface area contributed by atoms with Gasteiger partial charge >= 0.3 is 0 Å². The number of para-hydroxylation sites is 1. The third kappa shape index (κ3) is 2.76. The van der Waals surface area contributed by atoms with E-state index in [1.165, 1.54) is 0 Å². The van der Waals surface area contributed by atoms with E-state index in [1.807, 2.05) is 18.2 Å². The Kier molecular flexibility index (Phi) is 3.97. The van der Waals surface area contributed by atoms with Crippen LogP contribution in [-0.2, 0) is 6.42 Å². The van der Waals surface area contributed by atoms with Crippen LogP contribution in [0.25, 0.3) is 11.0 Å². The number of benzene rings is 1. The Labute approximate surface area is 118 Å². The van der Waals surface area contributed by atoms with Crippen molar-refractivity contribution in [3.8, 4) is 0 Å². The van der Waals surface area contributed by atoms with Crippen LogP contribution in [0.5, 0.6) is 0 Å². The lowest BCUT2D eigenvalue weighted by molar-refractivity contribution is -0.247. The average molecular weight is 274 g/mol. The lowest BCUT2D eigenvalue weighted by Crippen LogP contribution is -2.46. The predicted molar refractivity (Wildman–Crippen MR) is 77.6 cm³/mol. The molecule has 0 unspecified atom stereocenters. The predicted octanol–water partition coefficient (Wildman–Crippen LogP) is 2.32. The van der Waals surface area contributed by atoms with Gasteiger partial charge in [0, 0.05) is 6.04 Å². The van der Waals surface area contributed by atoms with Gasteiger partial charge in [0.15, 0.2) is 0 Å². The summed E-state index contributed by atoms with van der Waals surface area (Å²) in [6.45, 7) is 7.87. The van der Waals surface area contributed by atoms with Crippen LogP contribution in [0.15, 0.2) is 18.2 Å². The number of carbonyl (C=O) groups is 1. The minimum atomic E-state index is -1.25. The molecule has 0 aliphatic carbocycles. The van der Waals surface area contributed by atoms with Crippen LogP contribution in [-0.4, -0.2) is 22.1 Å². The van der Waals surface area contributed by atoms with Crippen molar-refractivity contribution in [3.63, 3.8) is 0 Å². The van der Waals surface area contributed by atoms with Crippen molar-refractivity contribution >= 4 is 23.1 Å². The fourth-order valence-electron chi connectivity index (χ4n) is 2.34. The van der Waals surface area contributed by atoms with Gasteiger partial charge in [0.2, 0.25) is 5.95 Å². The number of imidazole rings is 1. The zero-order chi connectivity index (χ0) is 14.9. The van der Waals surface area contributed by atoms with Gasteiger partial charge < -0.3 is 14.9 Å². The highest BCUT2D eigenvalue weighted by molar-refractivity contribution is 5.87. The highest BCUT2D eigenvalue weighted by Gasteiger charge is 2.17. The van der Waals surface area contributed by atoms with Gasteiger partial charge in [-0.05, 0) is 37.8 Å². The Bertz CT molecular complexity index is 617. The summed E-state index contributed by atoms with van der Waals surface area (Å²) < 4.78 is 0. The first kappa shape index (κ1) is 14.4. The van der Waals surface area contributed by atoms with E-state index < -0.39 is 6.09 Å². The van der Waals surface area contributed by atoms with Crippen molar-refractivity contribution in [1.29, 1.82) is 0 Å². The number of fused-ring (bicyclic) bond motifs is 1. The smallest absolute Gasteiger partial charge is 0.209 e. The molecule has 20 heavy (non-hydrogen) atoms. The molecule has 0 saturated carbocycles. The topological polar surface area (TPSA) is 72.0 Å². The van der Waals surface area contributed by atoms with Gasteiger partial charge in [-0.3, -0.25) is 4.90 Å². The number of hydrogen-bond donors (Lipinski definition) is 1. The molecule has 5 heteroatoms. The van der Waals surface area contributed by atoms with E-state index >= 15 is 0 Å². The zero-order valence-corrected chi connectivity index (χ0v) is 12.3. The number of H-pyrrole nitrogens is 1. The molecule has 1 N–H and O–H groups in total. The van der Waals surface area contributed by atoms with E-state index in [2.05, 4.69) is 23.8 Å². The summed E-state index contributed by atoms with van der Waals surface area (Å²) >= 11 is 0. The number of amides is 1. The van der Waals surface area contributed by atoms with Gasteiger partial charge in [-0.1, -0.05) is 26.0 Å². The highest BCUT2D eigenvalue weighted by Crippen LogP contribution is 2.23. The van der Waals surface area contributed by atoms with Crippen LogP contribution in [0.1, 0.15) is 33.3 Å². The molecule has 0 aliphatic heterocycles. The van der Waals surface area contributed by atoms with Crippen molar-refractivity contribution in [2.24, 2.45) is 5.92 Å². The van der Waals surface area contributed by atoms with E-state index in [0.717, 1.165) is 27.9 Å². The van der Waals surface area contributed by atoms with Crippen molar-refractivity contribution < 1.29 is 9.90 Å². The zero-order valence-electron chi connectivity index (χ0n) is 12.3. The second-order valence-electron chi connectivity index (χ2n) is 5.70. The van der Waals surface area contributed by atoms with Crippen LogP contribution >= 0.6 is 0 Å². The Balaban J connectivity index is 2.50. The first-order valence-electron chi connectivity index (χ1n) is 6.88. The summed E-state index contributed by atoms with van der Waals surface area (Å²) in [6, 6.07) is 5.67. The standard InChI is InChI=1S/C15H21N3O2/c1-9(2)8-11-6-5-7-12-13(11)17-14(16-12)18(10(3)4)15(19)20/h5-7,9-10H,8H2,1-4H3,(H,16,17)(H,19,20)/p-1. The van der Waals surface area contributed by atoms with Crippen molar-refractivity contribution in [2.75, 3.05) is 4.90 Å². The van der Waals surface area contributed by atoms with Gasteiger partial charge in [0.05, 0.1) is 11.0 Å². The summed E-state index contributed by atoms with van der Waals surface area (Å²) in [5, 5.41) is 11.2. The molecule has 0 atom stereocenters. The van der Waals surface area contributed by atoms with E-state index in [1.54, 1.807) is 13.8 Å². The summed E-state index contributed by atoms with van der Waals surface area (Å²) in [5.74, 6) is 0.842. The maximum absolute atomic E-state index is 11.2. The molecule has 1 amide bonds. The van der Waals surface area contributed by atoms with Gasteiger partial charge in [-0.15, -0.1) is 0 Å². The summed E-state index contributed by atoms with van der Waals surface area (Å²) in [4.78, 5) is 19.9. The summed E-state index contributed by atoms with van der Waals surface area (Å²) in [6.07, 6.45) is -0.335. The van der Waals surface area contributed by atoms with Gasteiger partial charge in [0.25, 0.3) is 0 Å². The van der Waals surface area contributed by atoms with E-state index in [9.17, 15) is 9.90 Å². The fraction of sp³-hybridized carbons (Fsp3) is 0.467.